The van der Waals surface area contributed by atoms with E-state index in [9.17, 15) is 4.79 Å². The number of rotatable bonds is 7. The summed E-state index contributed by atoms with van der Waals surface area (Å²) in [6, 6.07) is 10.4. The van der Waals surface area contributed by atoms with E-state index in [0.717, 1.165) is 6.42 Å². The minimum atomic E-state index is 0.292. The van der Waals surface area contributed by atoms with E-state index in [1.807, 2.05) is 13.0 Å². The summed E-state index contributed by atoms with van der Waals surface area (Å²) >= 11 is 0.309. The molecule has 0 spiro atoms. The number of benzene rings is 1. The molecule has 1 unspecified atom stereocenters. The molecule has 1 atom stereocenters. The zero-order chi connectivity index (χ0) is 11.8. The first-order valence-corrected chi connectivity index (χ1v) is 7.86. The van der Waals surface area contributed by atoms with Crippen molar-refractivity contribution in [1.82, 2.24) is 0 Å². The van der Waals surface area contributed by atoms with Crippen LogP contribution in [0.2, 0.25) is 4.82 Å². The maximum absolute atomic E-state index is 11.8. The fourth-order valence-corrected chi connectivity index (χ4v) is 4.14. The van der Waals surface area contributed by atoms with Gasteiger partial charge >= 0.3 is 105 Å². The van der Waals surface area contributed by atoms with Gasteiger partial charge in [0.15, 0.2) is 0 Å². The van der Waals surface area contributed by atoms with Crippen molar-refractivity contribution in [3.8, 4) is 0 Å². The summed E-state index contributed by atoms with van der Waals surface area (Å²) in [6.07, 6.45) is 4.10. The Balaban J connectivity index is 2.59. The third kappa shape index (κ3) is 4.51. The number of carbonyl (C=O) groups is 1. The molecule has 2 heteroatoms. The van der Waals surface area contributed by atoms with Crippen LogP contribution in [-0.4, -0.2) is 20.7 Å². The van der Waals surface area contributed by atoms with E-state index in [1.54, 1.807) is 0 Å². The molecule has 0 amide bonds. The zero-order valence-electron chi connectivity index (χ0n) is 10.1. The number of Topliss-reactive ketones (excluding diaryl/α,β-unsaturated/α-hetero) is 1. The van der Waals surface area contributed by atoms with Crippen molar-refractivity contribution in [2.75, 3.05) is 0 Å². The summed E-state index contributed by atoms with van der Waals surface area (Å²) in [7, 11) is 0. The average Bonchev–Trinajstić information content (AvgIpc) is 2.34. The van der Waals surface area contributed by atoms with E-state index in [1.165, 1.54) is 17.3 Å². The molecule has 1 aromatic rings. The van der Waals surface area contributed by atoms with Gasteiger partial charge in [-0.3, -0.25) is 0 Å². The summed E-state index contributed by atoms with van der Waals surface area (Å²) in [4.78, 5) is 12.1. The molecule has 0 saturated carbocycles. The van der Waals surface area contributed by atoms with Crippen LogP contribution in [0, 0.1) is 0 Å². The van der Waals surface area contributed by atoms with Crippen LogP contribution in [0.25, 0.3) is 0 Å². The van der Waals surface area contributed by atoms with Gasteiger partial charge in [0, 0.05) is 0 Å². The first-order chi connectivity index (χ1) is 7.77. The molecule has 0 heterocycles. The normalized spacial score (nSPS) is 12.4. The van der Waals surface area contributed by atoms with Gasteiger partial charge in [-0.15, -0.1) is 0 Å². The summed E-state index contributed by atoms with van der Waals surface area (Å²) in [5.74, 6) is 0.442. The molecular weight excluding hydrogens is 263 g/mol. The number of ketones is 1. The van der Waals surface area contributed by atoms with Gasteiger partial charge < -0.3 is 0 Å². The van der Waals surface area contributed by atoms with Crippen molar-refractivity contribution in [3.63, 3.8) is 0 Å². The van der Waals surface area contributed by atoms with Crippen molar-refractivity contribution < 1.29 is 4.79 Å². The van der Waals surface area contributed by atoms with Gasteiger partial charge in [0.1, 0.15) is 0 Å². The fraction of sp³-hybridized carbons (Fsp3) is 0.500. The number of unbranched alkanes of at least 4 members (excludes halogenated alkanes) is 1. The molecule has 16 heavy (non-hydrogen) atoms. The Kier molecular flexibility index (Phi) is 6.44. The van der Waals surface area contributed by atoms with Gasteiger partial charge in [0.05, 0.1) is 0 Å². The molecule has 0 aliphatic rings. The molecule has 1 nitrogen and oxygen atoms in total. The maximum atomic E-state index is 11.8. The van der Waals surface area contributed by atoms with Crippen LogP contribution in [0.5, 0.6) is 0 Å². The van der Waals surface area contributed by atoms with E-state index >= 15 is 0 Å². The minimum absolute atomic E-state index is 0.292. The predicted molar refractivity (Wildman–Crippen MR) is 70.4 cm³/mol. The molecule has 0 aliphatic heterocycles. The monoisotopic (exact) mass is 284 g/mol. The third-order valence-electron chi connectivity index (χ3n) is 2.55. The quantitative estimate of drug-likeness (QED) is 0.703. The molecule has 0 aromatic heterocycles. The second-order valence-corrected chi connectivity index (χ2v) is 6.56. The van der Waals surface area contributed by atoms with Crippen molar-refractivity contribution in [3.05, 3.63) is 30.3 Å². The van der Waals surface area contributed by atoms with Crippen LogP contribution in [0.4, 0.5) is 0 Å². The van der Waals surface area contributed by atoms with Gasteiger partial charge in [0.2, 0.25) is 0 Å². The molecular formula is C14H20OSe. The van der Waals surface area contributed by atoms with Gasteiger partial charge in [0.25, 0.3) is 0 Å². The van der Waals surface area contributed by atoms with Crippen LogP contribution in [-0.2, 0) is 4.79 Å². The molecule has 0 aliphatic carbocycles. The zero-order valence-corrected chi connectivity index (χ0v) is 11.8. The summed E-state index contributed by atoms with van der Waals surface area (Å²) < 4.78 is 1.35. The average molecular weight is 283 g/mol. The van der Waals surface area contributed by atoms with Gasteiger partial charge in [-0.2, -0.15) is 0 Å². The topological polar surface area (TPSA) is 17.1 Å². The second-order valence-electron chi connectivity index (χ2n) is 3.88. The van der Waals surface area contributed by atoms with Gasteiger partial charge in [-0.05, 0) is 0 Å². The van der Waals surface area contributed by atoms with Crippen molar-refractivity contribution in [1.29, 1.82) is 0 Å². The van der Waals surface area contributed by atoms with Crippen molar-refractivity contribution in [2.45, 2.75) is 44.3 Å². The van der Waals surface area contributed by atoms with E-state index in [0.29, 0.717) is 32.0 Å². The molecule has 88 valence electrons. The molecule has 0 fully saturated rings. The molecule has 1 aromatic carbocycles. The predicted octanol–water partition coefficient (Wildman–Crippen LogP) is 2.97. The number of hydrogen-bond acceptors (Lipinski definition) is 1. The van der Waals surface area contributed by atoms with Crippen LogP contribution in [0.15, 0.2) is 30.3 Å². The SMILES string of the molecule is CCCCC([Se]c1ccccc1)C(=O)CC. The van der Waals surface area contributed by atoms with Gasteiger partial charge in [-0.1, -0.05) is 0 Å². The molecule has 0 radical (unpaired) electrons. The Morgan fingerprint density at radius 1 is 1.25 bits per heavy atom. The van der Waals surface area contributed by atoms with E-state index < -0.39 is 0 Å². The Labute approximate surface area is 105 Å². The van der Waals surface area contributed by atoms with Crippen LogP contribution in [0.1, 0.15) is 39.5 Å². The van der Waals surface area contributed by atoms with E-state index in [2.05, 4.69) is 31.2 Å². The summed E-state index contributed by atoms with van der Waals surface area (Å²) in [5, 5.41) is 0. The molecule has 0 bridgehead atoms. The molecule has 0 saturated heterocycles. The summed E-state index contributed by atoms with van der Waals surface area (Å²) in [5.41, 5.74) is 0. The Morgan fingerprint density at radius 3 is 2.50 bits per heavy atom. The molecule has 0 N–H and O–H groups in total. The number of carbonyl (C=O) groups excluding carboxylic acids is 1. The summed E-state index contributed by atoms with van der Waals surface area (Å²) in [6.45, 7) is 4.16. The second kappa shape index (κ2) is 7.65. The fourth-order valence-electron chi connectivity index (χ4n) is 1.57. The van der Waals surface area contributed by atoms with E-state index in [-0.39, 0.29) is 0 Å². The van der Waals surface area contributed by atoms with Crippen LogP contribution in [0.3, 0.4) is 0 Å². The van der Waals surface area contributed by atoms with Crippen molar-refractivity contribution >= 4 is 25.2 Å². The Morgan fingerprint density at radius 2 is 1.94 bits per heavy atom. The third-order valence-corrected chi connectivity index (χ3v) is 5.33. The molecule has 1 rings (SSSR count). The van der Waals surface area contributed by atoms with Crippen LogP contribution < -0.4 is 4.46 Å². The first kappa shape index (κ1) is 13.5. The standard InChI is InChI=1S/C14H20OSe/c1-3-5-11-14(13(15)4-2)16-12-9-7-6-8-10-12/h6-10,14H,3-5,11H2,1-2H3. The van der Waals surface area contributed by atoms with Crippen LogP contribution >= 0.6 is 0 Å². The van der Waals surface area contributed by atoms with E-state index in [4.69, 9.17) is 0 Å². The van der Waals surface area contributed by atoms with Crippen molar-refractivity contribution in [2.24, 2.45) is 0 Å². The number of hydrogen-bond donors (Lipinski definition) is 0. The van der Waals surface area contributed by atoms with Gasteiger partial charge in [-0.25, -0.2) is 0 Å². The Hall–Kier alpha value is -0.591. The first-order valence-electron chi connectivity index (χ1n) is 6.02. The Bertz CT molecular complexity index is 308.